The average Bonchev–Trinajstić information content (AvgIpc) is 2.33. The van der Waals surface area contributed by atoms with Gasteiger partial charge in [-0.15, -0.1) is 0 Å². The number of nitrogens with one attached hydrogen (secondary N) is 1. The molecule has 2 aromatic rings. The summed E-state index contributed by atoms with van der Waals surface area (Å²) in [5.74, 6) is -0.199. The summed E-state index contributed by atoms with van der Waals surface area (Å²) in [7, 11) is 0. The molecule has 0 aliphatic carbocycles. The number of hydrogen-bond donors (Lipinski definition) is 2. The third-order valence-electron chi connectivity index (χ3n) is 3.06. The molecule has 0 aliphatic heterocycles. The van der Waals surface area contributed by atoms with E-state index in [1.54, 1.807) is 6.92 Å². The molecule has 0 spiro atoms. The fourth-order valence-electron chi connectivity index (χ4n) is 2.22. The molecule has 5 heteroatoms. The number of nitrogens with zero attached hydrogens (tertiary/aromatic N) is 2. The first-order chi connectivity index (χ1) is 9.38. The molecule has 104 valence electrons. The largest absolute Gasteiger partial charge is 0.477 e. The third kappa shape index (κ3) is 2.77. The lowest BCUT2D eigenvalue weighted by atomic mass is 10.0. The van der Waals surface area contributed by atoms with Gasteiger partial charge in [-0.25, -0.2) is 14.8 Å². The highest BCUT2D eigenvalue weighted by atomic mass is 16.4. The van der Waals surface area contributed by atoms with Crippen LogP contribution in [0.4, 0.5) is 11.5 Å². The number of aromatic carboxylic acids is 1. The summed E-state index contributed by atoms with van der Waals surface area (Å²) in [6.07, 6.45) is 1.33. The van der Waals surface area contributed by atoms with Gasteiger partial charge in [0.1, 0.15) is 17.2 Å². The second-order valence-corrected chi connectivity index (χ2v) is 4.88. The molecular weight excluding hydrogens is 254 g/mol. The van der Waals surface area contributed by atoms with E-state index >= 15 is 0 Å². The molecule has 0 bridgehead atoms. The quantitative estimate of drug-likeness (QED) is 0.896. The molecule has 1 heterocycles. The van der Waals surface area contributed by atoms with Crippen molar-refractivity contribution >= 4 is 17.5 Å². The van der Waals surface area contributed by atoms with E-state index in [1.165, 1.54) is 11.8 Å². The summed E-state index contributed by atoms with van der Waals surface area (Å²) < 4.78 is 0. The number of aryl methyl sites for hydroxylation is 4. The van der Waals surface area contributed by atoms with Crippen LogP contribution in [0, 0.1) is 27.7 Å². The minimum Gasteiger partial charge on any atom is -0.477 e. The molecule has 0 amide bonds. The summed E-state index contributed by atoms with van der Waals surface area (Å²) in [6, 6.07) is 4.09. The van der Waals surface area contributed by atoms with Gasteiger partial charge >= 0.3 is 5.97 Å². The topological polar surface area (TPSA) is 75.1 Å². The monoisotopic (exact) mass is 271 g/mol. The number of aromatic nitrogens is 2. The summed E-state index contributed by atoms with van der Waals surface area (Å²) in [4.78, 5) is 19.3. The molecule has 0 radical (unpaired) electrons. The summed E-state index contributed by atoms with van der Waals surface area (Å²) in [6.45, 7) is 7.72. The van der Waals surface area contributed by atoms with E-state index in [0.717, 1.165) is 16.8 Å². The van der Waals surface area contributed by atoms with Gasteiger partial charge in [0, 0.05) is 11.9 Å². The first-order valence-electron chi connectivity index (χ1n) is 6.30. The van der Waals surface area contributed by atoms with Gasteiger partial charge in [0.05, 0.1) is 0 Å². The van der Waals surface area contributed by atoms with Crippen molar-refractivity contribution in [1.82, 2.24) is 9.97 Å². The van der Waals surface area contributed by atoms with Crippen molar-refractivity contribution in [2.45, 2.75) is 27.7 Å². The van der Waals surface area contributed by atoms with Gasteiger partial charge in [0.15, 0.2) is 0 Å². The lowest BCUT2D eigenvalue weighted by Gasteiger charge is -2.14. The minimum absolute atomic E-state index is 0.0648. The number of carboxylic acids is 1. The number of rotatable bonds is 3. The van der Waals surface area contributed by atoms with Gasteiger partial charge in [-0.1, -0.05) is 17.7 Å². The number of hydrogen-bond acceptors (Lipinski definition) is 4. The Balaban J connectivity index is 2.50. The Morgan fingerprint density at radius 2 is 1.75 bits per heavy atom. The van der Waals surface area contributed by atoms with Crippen molar-refractivity contribution in [3.05, 3.63) is 46.4 Å². The first kappa shape index (κ1) is 14.0. The van der Waals surface area contributed by atoms with Crippen LogP contribution in [-0.4, -0.2) is 21.0 Å². The summed E-state index contributed by atoms with van der Waals surface area (Å²) in [5, 5.41) is 12.3. The molecule has 5 nitrogen and oxygen atoms in total. The zero-order chi connectivity index (χ0) is 14.9. The van der Waals surface area contributed by atoms with Crippen molar-refractivity contribution in [3.8, 4) is 0 Å². The maximum atomic E-state index is 11.2. The molecule has 0 atom stereocenters. The van der Waals surface area contributed by atoms with E-state index < -0.39 is 5.97 Å². The van der Waals surface area contributed by atoms with Crippen LogP contribution in [0.1, 0.15) is 32.9 Å². The summed E-state index contributed by atoms with van der Waals surface area (Å²) >= 11 is 0. The molecule has 0 aliphatic rings. The molecule has 0 unspecified atom stereocenters. The third-order valence-corrected chi connectivity index (χ3v) is 3.06. The van der Waals surface area contributed by atoms with Gasteiger partial charge < -0.3 is 10.4 Å². The molecule has 0 saturated heterocycles. The molecule has 0 fully saturated rings. The fraction of sp³-hybridized carbons (Fsp3) is 0.267. The second-order valence-electron chi connectivity index (χ2n) is 4.88. The van der Waals surface area contributed by atoms with E-state index in [1.807, 2.05) is 32.9 Å². The standard InChI is InChI=1S/C15H17N3O2/c1-8-5-9(2)13(10(3)6-8)18-14-12(15(19)20)7-16-11(4)17-14/h5-7H,1-4H3,(H,19,20)(H,16,17,18). The van der Waals surface area contributed by atoms with E-state index in [2.05, 4.69) is 15.3 Å². The zero-order valence-electron chi connectivity index (χ0n) is 12.0. The Bertz CT molecular complexity index is 658. The number of benzene rings is 1. The van der Waals surface area contributed by atoms with Crippen LogP contribution < -0.4 is 5.32 Å². The van der Waals surface area contributed by atoms with Crippen LogP contribution >= 0.6 is 0 Å². The van der Waals surface area contributed by atoms with Gasteiger partial charge in [-0.05, 0) is 38.8 Å². The van der Waals surface area contributed by atoms with Gasteiger partial charge in [0.2, 0.25) is 0 Å². The lowest BCUT2D eigenvalue weighted by molar-refractivity contribution is 0.0697. The molecular formula is C15H17N3O2. The van der Waals surface area contributed by atoms with E-state index in [-0.39, 0.29) is 5.56 Å². The maximum absolute atomic E-state index is 11.2. The highest BCUT2D eigenvalue weighted by Gasteiger charge is 2.14. The minimum atomic E-state index is -1.05. The highest BCUT2D eigenvalue weighted by molar-refractivity contribution is 5.93. The van der Waals surface area contributed by atoms with Crippen molar-refractivity contribution < 1.29 is 9.90 Å². The number of anilines is 2. The molecule has 1 aromatic heterocycles. The van der Waals surface area contributed by atoms with Crippen LogP contribution in [-0.2, 0) is 0 Å². The van der Waals surface area contributed by atoms with Crippen LogP contribution in [0.25, 0.3) is 0 Å². The lowest BCUT2D eigenvalue weighted by Crippen LogP contribution is -2.08. The van der Waals surface area contributed by atoms with Gasteiger partial charge in [0.25, 0.3) is 0 Å². The van der Waals surface area contributed by atoms with Crippen LogP contribution in [0.3, 0.4) is 0 Å². The predicted molar refractivity (Wildman–Crippen MR) is 77.7 cm³/mol. The highest BCUT2D eigenvalue weighted by Crippen LogP contribution is 2.26. The Morgan fingerprint density at radius 3 is 2.30 bits per heavy atom. The molecule has 2 N–H and O–H groups in total. The Kier molecular flexibility index (Phi) is 3.70. The maximum Gasteiger partial charge on any atom is 0.341 e. The zero-order valence-corrected chi connectivity index (χ0v) is 12.0. The number of carboxylic acid groups (broad SMARTS) is 1. The molecule has 0 saturated carbocycles. The summed E-state index contributed by atoms with van der Waals surface area (Å²) in [5.41, 5.74) is 4.22. The normalized spacial score (nSPS) is 10.4. The van der Waals surface area contributed by atoms with Crippen molar-refractivity contribution in [2.75, 3.05) is 5.32 Å². The Morgan fingerprint density at radius 1 is 1.15 bits per heavy atom. The van der Waals surface area contributed by atoms with Crippen molar-refractivity contribution in [2.24, 2.45) is 0 Å². The predicted octanol–water partition coefficient (Wildman–Crippen LogP) is 3.15. The van der Waals surface area contributed by atoms with Crippen LogP contribution in [0.2, 0.25) is 0 Å². The Hall–Kier alpha value is -2.43. The SMILES string of the molecule is Cc1cc(C)c(Nc2nc(C)ncc2C(=O)O)c(C)c1. The molecule has 20 heavy (non-hydrogen) atoms. The molecule has 1 aromatic carbocycles. The van der Waals surface area contributed by atoms with Crippen molar-refractivity contribution in [3.63, 3.8) is 0 Å². The smallest absolute Gasteiger partial charge is 0.341 e. The number of carbonyl (C=O) groups is 1. The van der Waals surface area contributed by atoms with Crippen LogP contribution in [0.5, 0.6) is 0 Å². The van der Waals surface area contributed by atoms with E-state index in [9.17, 15) is 9.90 Å². The Labute approximate surface area is 117 Å². The van der Waals surface area contributed by atoms with E-state index in [4.69, 9.17) is 0 Å². The average molecular weight is 271 g/mol. The van der Waals surface area contributed by atoms with E-state index in [0.29, 0.717) is 11.6 Å². The van der Waals surface area contributed by atoms with Crippen molar-refractivity contribution in [1.29, 1.82) is 0 Å². The fourth-order valence-corrected chi connectivity index (χ4v) is 2.22. The van der Waals surface area contributed by atoms with Crippen LogP contribution in [0.15, 0.2) is 18.3 Å². The van der Waals surface area contributed by atoms with Gasteiger partial charge in [-0.2, -0.15) is 0 Å². The second kappa shape index (κ2) is 5.28. The molecule has 2 rings (SSSR count). The van der Waals surface area contributed by atoms with Gasteiger partial charge in [-0.3, -0.25) is 0 Å². The first-order valence-corrected chi connectivity index (χ1v) is 6.30.